The van der Waals surface area contributed by atoms with Crippen LogP contribution in [0.5, 0.6) is 0 Å². The van der Waals surface area contributed by atoms with Crippen molar-refractivity contribution in [3.05, 3.63) is 11.9 Å². The molecule has 0 spiro atoms. The highest BCUT2D eigenvalue weighted by molar-refractivity contribution is 6.45. The Kier molecular flexibility index (Phi) is 9.23. The molecule has 0 aromatic rings. The summed E-state index contributed by atoms with van der Waals surface area (Å²) in [5, 5.41) is -2.62. The van der Waals surface area contributed by atoms with Crippen LogP contribution in [-0.4, -0.2) is 38.4 Å². The fourth-order valence-electron chi connectivity index (χ4n) is 1.16. The highest BCUT2D eigenvalue weighted by Gasteiger charge is 2.46. The maximum Gasteiger partial charge on any atom is 0.448 e. The maximum atomic E-state index is 11.0. The van der Waals surface area contributed by atoms with E-state index in [1.165, 1.54) is 0 Å². The van der Waals surface area contributed by atoms with Crippen LogP contribution in [-0.2, 0) is 0 Å². The van der Waals surface area contributed by atoms with Crippen molar-refractivity contribution in [1.82, 2.24) is 0 Å². The molecule has 126 valence electrons. The molecular formula is C9H6Cl6F6. The Hall–Kier alpha value is 1.06. The van der Waals surface area contributed by atoms with Crippen molar-refractivity contribution in [3.8, 4) is 0 Å². The van der Waals surface area contributed by atoms with Crippen molar-refractivity contribution in [2.75, 3.05) is 0 Å². The Bertz CT molecular complexity index is 312. The van der Waals surface area contributed by atoms with Crippen LogP contribution >= 0.6 is 69.6 Å². The number of allylic oxidation sites excluding steroid dienone is 1. The minimum absolute atomic E-state index is 0.437. The number of hydrogen-bond donors (Lipinski definition) is 0. The smallest absolute Gasteiger partial charge is 0.196 e. The Morgan fingerprint density at radius 1 is 0.571 bits per heavy atom. The second kappa shape index (κ2) is 8.78. The van der Waals surface area contributed by atoms with Crippen LogP contribution < -0.4 is 0 Å². The Balaban J connectivity index is 0.000000400. The van der Waals surface area contributed by atoms with E-state index in [0.717, 1.165) is 0 Å². The second-order valence-corrected chi connectivity index (χ2v) is 6.76. The molecule has 0 aliphatic heterocycles. The van der Waals surface area contributed by atoms with Gasteiger partial charge in [0.2, 0.25) is 0 Å². The Labute approximate surface area is 146 Å². The summed E-state index contributed by atoms with van der Waals surface area (Å²) >= 11 is 35.3. The van der Waals surface area contributed by atoms with Crippen molar-refractivity contribution < 1.29 is 26.3 Å². The zero-order valence-electron chi connectivity index (χ0n) is 9.50. The molecule has 1 rings (SSSR count). The number of rotatable bonds is 0. The van der Waals surface area contributed by atoms with Gasteiger partial charge in [0.05, 0.1) is 32.3 Å². The zero-order chi connectivity index (χ0) is 17.1. The third-order valence-electron chi connectivity index (χ3n) is 2.24. The van der Waals surface area contributed by atoms with Gasteiger partial charge in [0, 0.05) is 0 Å². The van der Waals surface area contributed by atoms with E-state index in [1.807, 2.05) is 0 Å². The van der Waals surface area contributed by atoms with Gasteiger partial charge in [-0.25, -0.2) is 0 Å². The lowest BCUT2D eigenvalue weighted by atomic mass is 9.97. The van der Waals surface area contributed by atoms with Gasteiger partial charge >= 0.3 is 12.3 Å². The molecule has 0 radical (unpaired) electrons. The summed E-state index contributed by atoms with van der Waals surface area (Å²) in [7, 11) is 0. The second-order valence-electron chi connectivity index (χ2n) is 3.74. The predicted octanol–water partition coefficient (Wildman–Crippen LogP) is 6.27. The molecule has 0 atom stereocenters. The summed E-state index contributed by atoms with van der Waals surface area (Å²) in [5.41, 5.74) is 0. The highest BCUT2D eigenvalue weighted by atomic mass is 35.5. The molecule has 0 nitrogen and oxygen atoms in total. The average Bonchev–Trinajstić information content (AvgIpc) is 2.39. The van der Waals surface area contributed by atoms with Crippen molar-refractivity contribution in [2.24, 2.45) is 0 Å². The van der Waals surface area contributed by atoms with E-state index in [9.17, 15) is 26.3 Å². The highest BCUT2D eigenvalue weighted by Crippen LogP contribution is 2.39. The molecule has 0 heterocycles. The van der Waals surface area contributed by atoms with E-state index in [2.05, 4.69) is 0 Å². The SMILES string of the molecule is ClC1C(Cl)C(Cl)C(Cl)C(Cl)C1Cl.FC(F)=C(F)C(F)(F)F. The van der Waals surface area contributed by atoms with Gasteiger partial charge in [0.25, 0.3) is 5.83 Å². The third kappa shape index (κ3) is 6.22. The van der Waals surface area contributed by atoms with Gasteiger partial charge in [0.15, 0.2) is 0 Å². The molecule has 21 heavy (non-hydrogen) atoms. The van der Waals surface area contributed by atoms with Crippen LogP contribution in [0.4, 0.5) is 26.3 Å². The zero-order valence-corrected chi connectivity index (χ0v) is 14.0. The van der Waals surface area contributed by atoms with Gasteiger partial charge in [-0.3, -0.25) is 0 Å². The number of hydrogen-bond acceptors (Lipinski definition) is 0. The fourth-order valence-corrected chi connectivity index (χ4v) is 3.49. The van der Waals surface area contributed by atoms with Crippen molar-refractivity contribution in [3.63, 3.8) is 0 Å². The molecule has 0 aromatic carbocycles. The first-order chi connectivity index (χ1) is 9.32. The number of alkyl halides is 9. The van der Waals surface area contributed by atoms with Crippen LogP contribution in [0.15, 0.2) is 11.9 Å². The van der Waals surface area contributed by atoms with Crippen LogP contribution in [0.2, 0.25) is 0 Å². The first kappa shape index (κ1) is 22.1. The van der Waals surface area contributed by atoms with E-state index in [0.29, 0.717) is 0 Å². The summed E-state index contributed by atoms with van der Waals surface area (Å²) in [4.78, 5) is 0. The molecule has 1 aliphatic carbocycles. The van der Waals surface area contributed by atoms with Crippen molar-refractivity contribution >= 4 is 69.6 Å². The molecule has 12 heteroatoms. The lowest BCUT2D eigenvalue weighted by molar-refractivity contribution is -0.113. The summed E-state index contributed by atoms with van der Waals surface area (Å²) in [5.74, 6) is -3.33. The summed E-state index contributed by atoms with van der Waals surface area (Å²) in [6.45, 7) is 0. The van der Waals surface area contributed by atoms with Crippen LogP contribution in [0, 0.1) is 0 Å². The average molecular weight is 441 g/mol. The molecule has 1 aliphatic rings. The first-order valence-electron chi connectivity index (χ1n) is 4.94. The Morgan fingerprint density at radius 2 is 0.762 bits per heavy atom. The van der Waals surface area contributed by atoms with Gasteiger partial charge < -0.3 is 0 Å². The monoisotopic (exact) mass is 438 g/mol. The molecule has 0 bridgehead atoms. The molecule has 1 fully saturated rings. The van der Waals surface area contributed by atoms with Gasteiger partial charge in [0.1, 0.15) is 0 Å². The molecular weight excluding hydrogens is 435 g/mol. The molecule has 1 saturated carbocycles. The van der Waals surface area contributed by atoms with E-state index in [4.69, 9.17) is 69.6 Å². The molecule has 0 unspecified atom stereocenters. The van der Waals surface area contributed by atoms with Crippen molar-refractivity contribution in [1.29, 1.82) is 0 Å². The Morgan fingerprint density at radius 3 is 0.810 bits per heavy atom. The number of halogens is 12. The van der Waals surface area contributed by atoms with E-state index in [-0.39, 0.29) is 0 Å². The standard InChI is InChI=1S/C6H6Cl6.C3F6/c7-1-2(8)4(10)6(12)5(11)3(1)9;4-1(2(5)6)3(7,8)9/h1-6H;. The fraction of sp³-hybridized carbons (Fsp3) is 0.778. The van der Waals surface area contributed by atoms with E-state index < -0.39 is 50.3 Å². The quantitative estimate of drug-likeness (QED) is 0.307. The third-order valence-corrected chi connectivity index (χ3v) is 6.27. The van der Waals surface area contributed by atoms with E-state index in [1.54, 1.807) is 0 Å². The molecule has 0 aromatic heterocycles. The van der Waals surface area contributed by atoms with Crippen molar-refractivity contribution in [2.45, 2.75) is 38.4 Å². The molecule has 0 amide bonds. The normalized spacial score (nSPS) is 36.6. The van der Waals surface area contributed by atoms with Gasteiger partial charge in [-0.05, 0) is 0 Å². The van der Waals surface area contributed by atoms with Gasteiger partial charge in [-0.15, -0.1) is 69.6 Å². The molecule has 0 N–H and O–H groups in total. The topological polar surface area (TPSA) is 0 Å². The van der Waals surface area contributed by atoms with Crippen LogP contribution in [0.1, 0.15) is 0 Å². The largest absolute Gasteiger partial charge is 0.448 e. The molecule has 0 saturated heterocycles. The van der Waals surface area contributed by atoms with Gasteiger partial charge in [-0.2, -0.15) is 26.3 Å². The minimum Gasteiger partial charge on any atom is -0.196 e. The summed E-state index contributed by atoms with van der Waals surface area (Å²) in [6.07, 6.45) is -8.90. The lowest BCUT2D eigenvalue weighted by Gasteiger charge is -2.37. The van der Waals surface area contributed by atoms with Crippen LogP contribution in [0.3, 0.4) is 0 Å². The minimum atomic E-state index is -5.56. The lowest BCUT2D eigenvalue weighted by Crippen LogP contribution is -2.52. The van der Waals surface area contributed by atoms with E-state index >= 15 is 0 Å². The predicted molar refractivity (Wildman–Crippen MR) is 74.3 cm³/mol. The maximum absolute atomic E-state index is 11.0. The van der Waals surface area contributed by atoms with Gasteiger partial charge in [-0.1, -0.05) is 0 Å². The summed E-state index contributed by atoms with van der Waals surface area (Å²) < 4.78 is 64.8. The first-order valence-corrected chi connectivity index (χ1v) is 7.56. The summed E-state index contributed by atoms with van der Waals surface area (Å²) in [6, 6.07) is 0. The van der Waals surface area contributed by atoms with Crippen LogP contribution in [0.25, 0.3) is 0 Å².